The quantitative estimate of drug-likeness (QED) is 0.775. The first-order valence-corrected chi connectivity index (χ1v) is 9.07. The summed E-state index contributed by atoms with van der Waals surface area (Å²) in [7, 11) is 0. The van der Waals surface area contributed by atoms with E-state index in [1.165, 1.54) is 12.8 Å². The number of pyridine rings is 2. The predicted molar refractivity (Wildman–Crippen MR) is 105 cm³/mol. The summed E-state index contributed by atoms with van der Waals surface area (Å²) in [6.07, 6.45) is 6.01. The van der Waals surface area contributed by atoms with Gasteiger partial charge >= 0.3 is 0 Å². The average Bonchev–Trinajstić information content (AvgIpc) is 2.68. The van der Waals surface area contributed by atoms with Gasteiger partial charge in [0.2, 0.25) is 0 Å². The molecule has 4 rings (SSSR count). The van der Waals surface area contributed by atoms with E-state index in [4.69, 9.17) is 0 Å². The van der Waals surface area contributed by atoms with Crippen molar-refractivity contribution in [2.75, 3.05) is 23.3 Å². The second-order valence-corrected chi connectivity index (χ2v) is 6.93. The van der Waals surface area contributed by atoms with Crippen LogP contribution in [0.5, 0.6) is 0 Å². The maximum absolute atomic E-state index is 12.6. The van der Waals surface area contributed by atoms with Gasteiger partial charge in [0.15, 0.2) is 0 Å². The van der Waals surface area contributed by atoms with Crippen LogP contribution in [0.3, 0.4) is 0 Å². The highest BCUT2D eigenvalue weighted by atomic mass is 16.1. The lowest BCUT2D eigenvalue weighted by Gasteiger charge is -2.32. The number of nitrogens with zero attached hydrogens (tertiary/aromatic N) is 3. The topological polar surface area (TPSA) is 58.1 Å². The Bertz CT molecular complexity index is 917. The molecule has 26 heavy (non-hydrogen) atoms. The van der Waals surface area contributed by atoms with Crippen molar-refractivity contribution < 1.29 is 4.79 Å². The Morgan fingerprint density at radius 3 is 2.85 bits per heavy atom. The zero-order valence-corrected chi connectivity index (χ0v) is 14.9. The van der Waals surface area contributed by atoms with Gasteiger partial charge in [0.05, 0.1) is 23.1 Å². The van der Waals surface area contributed by atoms with Gasteiger partial charge in [0, 0.05) is 24.7 Å². The summed E-state index contributed by atoms with van der Waals surface area (Å²) in [5, 5.41) is 3.92. The standard InChI is InChI=1S/C21H22N4O/c1-15-5-4-12-25(14-15)17-9-10-19(23-13-17)21(26)24-18-8-2-6-16-7-3-11-22-20(16)18/h2-3,6-11,13,15H,4-5,12,14H2,1H3,(H,24,26). The van der Waals surface area contributed by atoms with Crippen LogP contribution in [0.1, 0.15) is 30.3 Å². The molecule has 0 saturated carbocycles. The number of carbonyl (C=O) groups is 1. The van der Waals surface area contributed by atoms with Crippen molar-refractivity contribution >= 4 is 28.2 Å². The minimum absolute atomic E-state index is 0.221. The number of nitrogens with one attached hydrogen (secondary N) is 1. The third-order valence-electron chi connectivity index (χ3n) is 4.88. The van der Waals surface area contributed by atoms with E-state index >= 15 is 0 Å². The minimum Gasteiger partial charge on any atom is -0.370 e. The molecule has 0 spiro atoms. The van der Waals surface area contributed by atoms with Crippen molar-refractivity contribution in [3.05, 3.63) is 60.6 Å². The Balaban J connectivity index is 1.51. The first-order valence-electron chi connectivity index (χ1n) is 9.07. The molecule has 0 bridgehead atoms. The van der Waals surface area contributed by atoms with E-state index in [2.05, 4.69) is 27.1 Å². The number of para-hydroxylation sites is 1. The van der Waals surface area contributed by atoms with Gasteiger partial charge in [-0.2, -0.15) is 0 Å². The van der Waals surface area contributed by atoms with E-state index in [0.717, 1.165) is 29.7 Å². The van der Waals surface area contributed by atoms with Crippen LogP contribution in [-0.4, -0.2) is 29.0 Å². The van der Waals surface area contributed by atoms with Gasteiger partial charge in [0.25, 0.3) is 5.91 Å². The van der Waals surface area contributed by atoms with E-state index in [1.54, 1.807) is 18.5 Å². The van der Waals surface area contributed by atoms with Gasteiger partial charge in [0.1, 0.15) is 5.69 Å². The Kier molecular flexibility index (Phi) is 4.52. The number of hydrogen-bond donors (Lipinski definition) is 1. The molecule has 5 heteroatoms. The highest BCUT2D eigenvalue weighted by Crippen LogP contribution is 2.23. The molecule has 1 N–H and O–H groups in total. The molecule has 0 aliphatic carbocycles. The fourth-order valence-corrected chi connectivity index (χ4v) is 3.52. The largest absolute Gasteiger partial charge is 0.370 e. The zero-order valence-electron chi connectivity index (χ0n) is 14.9. The predicted octanol–water partition coefficient (Wildman–Crippen LogP) is 4.12. The van der Waals surface area contributed by atoms with Crippen molar-refractivity contribution in [2.45, 2.75) is 19.8 Å². The minimum atomic E-state index is -0.221. The Morgan fingerprint density at radius 2 is 2.04 bits per heavy atom. The molecular formula is C21H22N4O. The summed E-state index contributed by atoms with van der Waals surface area (Å²) in [5.74, 6) is 0.479. The SMILES string of the molecule is CC1CCCN(c2ccc(C(=O)Nc3cccc4cccnc34)nc2)C1. The molecular weight excluding hydrogens is 324 g/mol. The van der Waals surface area contributed by atoms with Gasteiger partial charge in [-0.05, 0) is 43.0 Å². The van der Waals surface area contributed by atoms with Crippen molar-refractivity contribution in [3.63, 3.8) is 0 Å². The molecule has 1 aromatic carbocycles. The van der Waals surface area contributed by atoms with Crippen LogP contribution in [0, 0.1) is 5.92 Å². The number of hydrogen-bond acceptors (Lipinski definition) is 4. The van der Waals surface area contributed by atoms with Crippen LogP contribution >= 0.6 is 0 Å². The number of aromatic nitrogens is 2. The van der Waals surface area contributed by atoms with Crippen LogP contribution in [0.15, 0.2) is 54.9 Å². The Labute approximate surface area is 153 Å². The second-order valence-electron chi connectivity index (χ2n) is 6.93. The van der Waals surface area contributed by atoms with Crippen LogP contribution < -0.4 is 10.2 Å². The maximum Gasteiger partial charge on any atom is 0.274 e. The molecule has 3 heterocycles. The van der Waals surface area contributed by atoms with Gasteiger partial charge in [-0.25, -0.2) is 4.98 Å². The molecule has 0 radical (unpaired) electrons. The highest BCUT2D eigenvalue weighted by molar-refractivity contribution is 6.07. The third kappa shape index (κ3) is 3.38. The fraction of sp³-hybridized carbons (Fsp3) is 0.286. The van der Waals surface area contributed by atoms with Crippen LogP contribution in [0.25, 0.3) is 10.9 Å². The van der Waals surface area contributed by atoms with E-state index < -0.39 is 0 Å². The smallest absolute Gasteiger partial charge is 0.274 e. The molecule has 1 saturated heterocycles. The average molecular weight is 346 g/mol. The lowest BCUT2D eigenvalue weighted by atomic mass is 10.00. The van der Waals surface area contributed by atoms with Crippen molar-refractivity contribution in [1.29, 1.82) is 0 Å². The molecule has 1 atom stereocenters. The molecule has 1 fully saturated rings. The Hall–Kier alpha value is -2.95. The fourth-order valence-electron chi connectivity index (χ4n) is 3.52. The summed E-state index contributed by atoms with van der Waals surface area (Å²) in [4.78, 5) is 23.7. The third-order valence-corrected chi connectivity index (χ3v) is 4.88. The van der Waals surface area contributed by atoms with Crippen LogP contribution in [0.4, 0.5) is 11.4 Å². The molecule has 1 amide bonds. The number of anilines is 2. The molecule has 2 aromatic heterocycles. The molecule has 1 aliphatic rings. The van der Waals surface area contributed by atoms with Crippen molar-refractivity contribution in [1.82, 2.24) is 9.97 Å². The van der Waals surface area contributed by atoms with E-state index in [1.807, 2.05) is 36.4 Å². The van der Waals surface area contributed by atoms with Crippen molar-refractivity contribution in [3.8, 4) is 0 Å². The van der Waals surface area contributed by atoms with Crippen LogP contribution in [0.2, 0.25) is 0 Å². The summed E-state index contributed by atoms with van der Waals surface area (Å²) in [6.45, 7) is 4.38. The summed E-state index contributed by atoms with van der Waals surface area (Å²) < 4.78 is 0. The maximum atomic E-state index is 12.6. The number of benzene rings is 1. The summed E-state index contributed by atoms with van der Waals surface area (Å²) in [6, 6.07) is 13.4. The molecule has 1 unspecified atom stereocenters. The molecule has 5 nitrogen and oxygen atoms in total. The van der Waals surface area contributed by atoms with Gasteiger partial charge < -0.3 is 10.2 Å². The molecule has 132 valence electrons. The Morgan fingerprint density at radius 1 is 1.15 bits per heavy atom. The van der Waals surface area contributed by atoms with Gasteiger partial charge in [-0.15, -0.1) is 0 Å². The first-order chi connectivity index (χ1) is 12.7. The van der Waals surface area contributed by atoms with E-state index in [0.29, 0.717) is 17.3 Å². The molecule has 1 aliphatic heterocycles. The normalized spacial score (nSPS) is 17.3. The second kappa shape index (κ2) is 7.12. The van der Waals surface area contributed by atoms with Crippen LogP contribution in [-0.2, 0) is 0 Å². The lowest BCUT2D eigenvalue weighted by Crippen LogP contribution is -2.34. The molecule has 3 aromatic rings. The van der Waals surface area contributed by atoms with Crippen molar-refractivity contribution in [2.24, 2.45) is 5.92 Å². The number of piperidine rings is 1. The first kappa shape index (κ1) is 16.5. The number of fused-ring (bicyclic) bond motifs is 1. The van der Waals surface area contributed by atoms with E-state index in [-0.39, 0.29) is 5.91 Å². The lowest BCUT2D eigenvalue weighted by molar-refractivity contribution is 0.102. The zero-order chi connectivity index (χ0) is 17.9. The number of rotatable bonds is 3. The highest BCUT2D eigenvalue weighted by Gasteiger charge is 2.17. The number of carbonyl (C=O) groups excluding carboxylic acids is 1. The monoisotopic (exact) mass is 346 g/mol. The summed E-state index contributed by atoms with van der Waals surface area (Å²) in [5.41, 5.74) is 2.97. The number of amides is 1. The summed E-state index contributed by atoms with van der Waals surface area (Å²) >= 11 is 0. The van der Waals surface area contributed by atoms with Gasteiger partial charge in [-0.3, -0.25) is 9.78 Å². The van der Waals surface area contributed by atoms with Gasteiger partial charge in [-0.1, -0.05) is 25.1 Å². The van der Waals surface area contributed by atoms with E-state index in [9.17, 15) is 4.79 Å².